The molecule has 1 aliphatic rings. The fourth-order valence-corrected chi connectivity index (χ4v) is 5.90. The number of ether oxygens (including phenoxy) is 4. The van der Waals surface area contributed by atoms with Crippen LogP contribution in [-0.2, 0) is 45.3 Å². The maximum Gasteiger partial charge on any atom is 0.333 e. The highest BCUT2D eigenvalue weighted by Crippen LogP contribution is 2.45. The summed E-state index contributed by atoms with van der Waals surface area (Å²) < 4.78 is 41.0. The first-order chi connectivity index (χ1) is 19.0. The number of halogens is 1. The summed E-state index contributed by atoms with van der Waals surface area (Å²) in [6.07, 6.45) is -0.455. The van der Waals surface area contributed by atoms with Crippen molar-refractivity contribution in [1.29, 1.82) is 0 Å². The Morgan fingerprint density at radius 2 is 1.59 bits per heavy atom. The smallest absolute Gasteiger partial charge is 0.333 e. The Hall–Kier alpha value is -2.76. The molecular weight excluding hydrogens is 523 g/mol. The number of hydrogen-bond acceptors (Lipinski definition) is 7. The highest BCUT2D eigenvalue weighted by Gasteiger charge is 2.47. The van der Waals surface area contributed by atoms with Gasteiger partial charge in [-0.15, -0.1) is 11.8 Å². The van der Waals surface area contributed by atoms with E-state index >= 15 is 4.39 Å². The second-order valence-corrected chi connectivity index (χ2v) is 10.6. The van der Waals surface area contributed by atoms with Crippen LogP contribution in [0.3, 0.4) is 0 Å². The normalized spacial score (nSPS) is 20.9. The molecule has 8 nitrogen and oxygen atoms in total. The summed E-state index contributed by atoms with van der Waals surface area (Å²) >= 11 is 1.29. The van der Waals surface area contributed by atoms with Gasteiger partial charge in [0.1, 0.15) is 18.2 Å². The summed E-state index contributed by atoms with van der Waals surface area (Å²) in [5.74, 6) is 0. The zero-order chi connectivity index (χ0) is 27.6. The number of thioether (sulfide) groups is 1. The molecule has 0 aliphatic carbocycles. The number of rotatable bonds is 14. The molecule has 1 saturated heterocycles. The summed E-state index contributed by atoms with van der Waals surface area (Å²) in [7, 11) is 1.54. The predicted octanol–water partition coefficient (Wildman–Crippen LogP) is 3.95. The molecule has 3 aromatic rings. The Morgan fingerprint density at radius 1 is 0.923 bits per heavy atom. The van der Waals surface area contributed by atoms with E-state index in [0.29, 0.717) is 25.2 Å². The molecule has 0 saturated carbocycles. The third-order valence-electron chi connectivity index (χ3n) is 6.52. The summed E-state index contributed by atoms with van der Waals surface area (Å²) in [4.78, 5) is 26.3. The fourth-order valence-electron chi connectivity index (χ4n) is 4.40. The number of aromatic nitrogens is 2. The van der Waals surface area contributed by atoms with Crippen LogP contribution in [0.1, 0.15) is 29.0 Å². The Balaban J connectivity index is 1.57. The molecule has 10 heteroatoms. The molecule has 0 N–H and O–H groups in total. The minimum absolute atomic E-state index is 0.221. The molecule has 2 aromatic carbocycles. The van der Waals surface area contributed by atoms with Crippen LogP contribution < -0.4 is 11.2 Å². The quantitative estimate of drug-likeness (QED) is 0.277. The van der Waals surface area contributed by atoms with E-state index in [4.69, 9.17) is 18.9 Å². The van der Waals surface area contributed by atoms with Crippen molar-refractivity contribution in [3.05, 3.63) is 104 Å². The minimum Gasteiger partial charge on any atom is -0.382 e. The highest BCUT2D eigenvalue weighted by molar-refractivity contribution is 8.00. The lowest BCUT2D eigenvalue weighted by Crippen LogP contribution is -2.44. The van der Waals surface area contributed by atoms with E-state index in [0.717, 1.165) is 15.7 Å². The SMILES string of the molecule is CCc1cn([C@H]2S[C@H](COCc3ccccc3)[C@@H](OCc3ccccc3)[C@@H]2F)c(=O)n(COCCOC)c1=O. The number of methoxy groups -OCH3 is 1. The molecule has 0 spiro atoms. The van der Waals surface area contributed by atoms with Gasteiger partial charge in [0.15, 0.2) is 6.17 Å². The van der Waals surface area contributed by atoms with E-state index in [1.54, 1.807) is 0 Å². The third-order valence-corrected chi connectivity index (χ3v) is 8.04. The average molecular weight is 559 g/mol. The molecule has 0 unspecified atom stereocenters. The molecule has 0 radical (unpaired) electrons. The fraction of sp³-hybridized carbons (Fsp3) is 0.448. The van der Waals surface area contributed by atoms with Gasteiger partial charge in [-0.2, -0.15) is 0 Å². The second-order valence-electron chi connectivity index (χ2n) is 9.23. The molecule has 39 heavy (non-hydrogen) atoms. The molecule has 1 aliphatic heterocycles. The molecule has 1 fully saturated rings. The Morgan fingerprint density at radius 3 is 2.23 bits per heavy atom. The maximum absolute atomic E-state index is 16.1. The summed E-state index contributed by atoms with van der Waals surface area (Å²) in [6, 6.07) is 19.3. The number of hydrogen-bond donors (Lipinski definition) is 0. The number of nitrogens with zero attached hydrogens (tertiary/aromatic N) is 2. The molecule has 2 heterocycles. The molecule has 4 atom stereocenters. The predicted molar refractivity (Wildman–Crippen MR) is 149 cm³/mol. The standard InChI is InChI=1S/C29H35FN2O6S/c1-3-23-16-31(29(34)32(27(23)33)20-36-15-14-35-2)28-25(30)26(38-18-22-12-8-5-9-13-22)24(39-28)19-37-17-21-10-6-4-7-11-21/h4-13,16,24-26,28H,3,14-15,17-20H2,1-2H3/t24-,25+,26-,28+/m1/s1. The van der Waals surface area contributed by atoms with Crippen LogP contribution in [0.15, 0.2) is 76.4 Å². The Bertz CT molecular complexity index is 1290. The van der Waals surface area contributed by atoms with Crippen LogP contribution in [0, 0.1) is 0 Å². The largest absolute Gasteiger partial charge is 0.382 e. The van der Waals surface area contributed by atoms with Crippen molar-refractivity contribution in [2.75, 3.05) is 26.9 Å². The van der Waals surface area contributed by atoms with Crippen molar-refractivity contribution in [2.24, 2.45) is 0 Å². The van der Waals surface area contributed by atoms with Gasteiger partial charge in [0.2, 0.25) is 0 Å². The van der Waals surface area contributed by atoms with Gasteiger partial charge in [-0.1, -0.05) is 67.6 Å². The lowest BCUT2D eigenvalue weighted by Gasteiger charge is -2.22. The maximum atomic E-state index is 16.1. The van der Waals surface area contributed by atoms with Crippen molar-refractivity contribution < 1.29 is 23.3 Å². The van der Waals surface area contributed by atoms with Gasteiger partial charge in [0, 0.05) is 18.9 Å². The van der Waals surface area contributed by atoms with E-state index in [1.807, 2.05) is 67.6 Å². The highest BCUT2D eigenvalue weighted by atomic mass is 32.2. The monoisotopic (exact) mass is 558 g/mol. The number of benzene rings is 2. The second kappa shape index (κ2) is 14.6. The number of aryl methyl sites for hydroxylation is 1. The lowest BCUT2D eigenvalue weighted by atomic mass is 10.1. The first-order valence-electron chi connectivity index (χ1n) is 13.0. The average Bonchev–Trinajstić information content (AvgIpc) is 3.27. The first kappa shape index (κ1) is 29.2. The summed E-state index contributed by atoms with van der Waals surface area (Å²) in [6.45, 7) is 2.99. The molecule has 1 aromatic heterocycles. The van der Waals surface area contributed by atoms with Gasteiger partial charge < -0.3 is 18.9 Å². The van der Waals surface area contributed by atoms with Crippen molar-refractivity contribution >= 4 is 11.8 Å². The molecular formula is C29H35FN2O6S. The molecule has 4 rings (SSSR count). The van der Waals surface area contributed by atoms with E-state index in [1.165, 1.54) is 29.6 Å². The van der Waals surface area contributed by atoms with Gasteiger partial charge in [-0.05, 0) is 17.5 Å². The van der Waals surface area contributed by atoms with Gasteiger partial charge >= 0.3 is 5.69 Å². The summed E-state index contributed by atoms with van der Waals surface area (Å²) in [5, 5.41) is -1.26. The van der Waals surface area contributed by atoms with Crippen LogP contribution in [0.2, 0.25) is 0 Å². The van der Waals surface area contributed by atoms with E-state index in [9.17, 15) is 9.59 Å². The molecule has 0 amide bonds. The van der Waals surface area contributed by atoms with Crippen molar-refractivity contribution in [3.63, 3.8) is 0 Å². The van der Waals surface area contributed by atoms with Gasteiger partial charge in [-0.3, -0.25) is 9.36 Å². The van der Waals surface area contributed by atoms with Crippen LogP contribution >= 0.6 is 11.8 Å². The van der Waals surface area contributed by atoms with E-state index in [2.05, 4.69) is 0 Å². The zero-order valence-corrected chi connectivity index (χ0v) is 23.1. The minimum atomic E-state index is -1.51. The van der Waals surface area contributed by atoms with Crippen LogP contribution in [0.25, 0.3) is 0 Å². The van der Waals surface area contributed by atoms with Crippen LogP contribution in [0.4, 0.5) is 4.39 Å². The topological polar surface area (TPSA) is 80.9 Å². The van der Waals surface area contributed by atoms with Gasteiger partial charge in [0.05, 0.1) is 38.3 Å². The Kier molecular flexibility index (Phi) is 10.9. The third kappa shape index (κ3) is 7.46. The van der Waals surface area contributed by atoms with Crippen molar-refractivity contribution in [3.8, 4) is 0 Å². The molecule has 0 bridgehead atoms. The lowest BCUT2D eigenvalue weighted by molar-refractivity contribution is -0.0265. The molecule has 210 valence electrons. The van der Waals surface area contributed by atoms with Crippen LogP contribution in [-0.4, -0.2) is 53.6 Å². The zero-order valence-electron chi connectivity index (χ0n) is 22.2. The van der Waals surface area contributed by atoms with Gasteiger partial charge in [-0.25, -0.2) is 13.8 Å². The first-order valence-corrected chi connectivity index (χ1v) is 14.0. The van der Waals surface area contributed by atoms with E-state index < -0.39 is 28.9 Å². The van der Waals surface area contributed by atoms with Gasteiger partial charge in [0.25, 0.3) is 5.56 Å². The number of alkyl halides is 1. The summed E-state index contributed by atoms with van der Waals surface area (Å²) in [5.41, 5.74) is 1.29. The Labute approximate surface area is 231 Å². The van der Waals surface area contributed by atoms with Crippen LogP contribution in [0.5, 0.6) is 0 Å². The van der Waals surface area contributed by atoms with Crippen molar-refractivity contribution in [2.45, 2.75) is 56.2 Å². The van der Waals surface area contributed by atoms with E-state index in [-0.39, 0.29) is 31.8 Å². The van der Waals surface area contributed by atoms with Crippen molar-refractivity contribution in [1.82, 2.24) is 9.13 Å².